The van der Waals surface area contributed by atoms with E-state index in [4.69, 9.17) is 0 Å². The Morgan fingerprint density at radius 2 is 1.15 bits per heavy atom. The van der Waals surface area contributed by atoms with Crippen LogP contribution in [0, 0.1) is 0 Å². The van der Waals surface area contributed by atoms with Gasteiger partial charge in [0.15, 0.2) is 23.3 Å². The third-order valence-electron chi connectivity index (χ3n) is 4.29. The zero-order valence-corrected chi connectivity index (χ0v) is 22.0. The molecule has 3 nitrogen and oxygen atoms in total. The molecular weight excluding hydrogens is 574 g/mol. The van der Waals surface area contributed by atoms with Crippen LogP contribution in [0.3, 0.4) is 0 Å². The predicted molar refractivity (Wildman–Crippen MR) is 123 cm³/mol. The summed E-state index contributed by atoms with van der Waals surface area (Å²) in [4.78, 5) is 2.50. The average Bonchev–Trinajstić information content (AvgIpc) is 3.64. The number of alkyl halides is 12. The summed E-state index contributed by atoms with van der Waals surface area (Å²) in [6, 6.07) is 0.468. The van der Waals surface area contributed by atoms with Crippen molar-refractivity contribution in [3.05, 3.63) is 69.7 Å². The molecule has 1 aliphatic heterocycles. The first-order chi connectivity index (χ1) is 18.2. The minimum atomic E-state index is -5.43. The lowest BCUT2D eigenvalue weighted by Gasteiger charge is -2.14. The monoisotopic (exact) mass is 601 g/mol. The lowest BCUT2D eigenvalue weighted by Crippen LogP contribution is -2.17. The molecule has 1 aromatic carbocycles. The third kappa shape index (κ3) is 9.81. The van der Waals surface area contributed by atoms with Gasteiger partial charge in [-0.3, -0.25) is 0 Å². The number of aliphatic hydroxyl groups excluding tert-OH is 1. The molecule has 1 unspecified atom stereocenters. The maximum absolute atomic E-state index is 13.2. The summed E-state index contributed by atoms with van der Waals surface area (Å²) in [5.41, 5.74) is -9.69. The zero-order chi connectivity index (χ0) is 31.9. The molecule has 1 N–H and O–H groups in total. The van der Waals surface area contributed by atoms with Gasteiger partial charge in [-0.1, -0.05) is 54.0 Å². The maximum Gasteiger partial charge on any atom is 0.433 e. The van der Waals surface area contributed by atoms with Crippen molar-refractivity contribution in [2.45, 2.75) is 78.8 Å². The molecule has 1 aliphatic rings. The van der Waals surface area contributed by atoms with Crippen molar-refractivity contribution >= 4 is 5.76 Å². The van der Waals surface area contributed by atoms with Crippen LogP contribution in [-0.4, -0.2) is 10.1 Å². The molecule has 0 bridgehead atoms. The number of hydrogen-bond donors (Lipinski definition) is 1. The molecule has 1 atom stereocenters. The minimum Gasteiger partial charge on any atom is -0.504 e. The van der Waals surface area contributed by atoms with Crippen LogP contribution in [-0.2, 0) is 29.4 Å². The number of aliphatic hydroxyl groups is 1. The standard InChI is InChI=1S/C18H7F12NO2.C3H8.2C2H6/c19-15(20,21)7-3-6(4-8(5-7)16(22,23)24)11(32)13-12(33-13)9-1-2-10(17(25,26)27)31-14(9)18(28,29)30;1-3-2;2*1-2/h1-5,12,32H;3H2,1-2H3;2*1-2H3/b13-11-;;;. The Morgan fingerprint density at radius 3 is 1.50 bits per heavy atom. The molecule has 1 saturated heterocycles. The van der Waals surface area contributed by atoms with E-state index in [1.54, 1.807) is 0 Å². The van der Waals surface area contributed by atoms with Crippen molar-refractivity contribution in [2.75, 3.05) is 0 Å². The largest absolute Gasteiger partial charge is 0.504 e. The Labute approximate surface area is 222 Å². The van der Waals surface area contributed by atoms with Gasteiger partial charge in [0, 0.05) is 11.1 Å². The molecule has 0 spiro atoms. The fourth-order valence-corrected chi connectivity index (χ4v) is 2.78. The second kappa shape index (κ2) is 14.0. The van der Waals surface area contributed by atoms with E-state index < -0.39 is 76.0 Å². The van der Waals surface area contributed by atoms with Gasteiger partial charge in [0.2, 0.25) is 0 Å². The Morgan fingerprint density at radius 1 is 0.725 bits per heavy atom. The highest BCUT2D eigenvalue weighted by Crippen LogP contribution is 2.51. The highest BCUT2D eigenvalue weighted by Gasteiger charge is 2.48. The predicted octanol–water partition coefficient (Wildman–Crippen LogP) is 10.6. The summed E-state index contributed by atoms with van der Waals surface area (Å²) < 4.78 is 160. The van der Waals surface area contributed by atoms with Gasteiger partial charge in [0.25, 0.3) is 0 Å². The number of nitrogens with zero attached hydrogens (tertiary/aromatic N) is 1. The van der Waals surface area contributed by atoms with E-state index in [1.165, 1.54) is 6.42 Å². The SMILES string of the molecule is CC.CC.CCC.O/C(=C1\OC1c1ccc(C(F)(F)F)nc1C(F)(F)F)c1cc(C(F)(F)F)cc(C(F)(F)F)c1. The van der Waals surface area contributed by atoms with Crippen molar-refractivity contribution in [2.24, 2.45) is 0 Å². The Kier molecular flexibility index (Phi) is 12.9. The fourth-order valence-electron chi connectivity index (χ4n) is 2.78. The number of hydrogen-bond acceptors (Lipinski definition) is 3. The van der Waals surface area contributed by atoms with Gasteiger partial charge in [0.05, 0.1) is 11.1 Å². The molecule has 2 aromatic rings. The average molecular weight is 601 g/mol. The summed E-state index contributed by atoms with van der Waals surface area (Å²) in [6.45, 7) is 12.2. The fraction of sp³-hybridized carbons (Fsp3) is 0.480. The first-order valence-electron chi connectivity index (χ1n) is 11.8. The van der Waals surface area contributed by atoms with Gasteiger partial charge >= 0.3 is 24.7 Å². The molecule has 1 fully saturated rings. The number of rotatable bonds is 2. The van der Waals surface area contributed by atoms with Gasteiger partial charge in [-0.05, 0) is 24.3 Å². The van der Waals surface area contributed by atoms with Gasteiger partial charge < -0.3 is 9.84 Å². The smallest absolute Gasteiger partial charge is 0.433 e. The lowest BCUT2D eigenvalue weighted by atomic mass is 10.0. The second-order valence-corrected chi connectivity index (χ2v) is 7.34. The topological polar surface area (TPSA) is 45.6 Å². The van der Waals surface area contributed by atoms with Crippen molar-refractivity contribution in [3.63, 3.8) is 0 Å². The molecule has 40 heavy (non-hydrogen) atoms. The molecular formula is C25H27F12NO2. The van der Waals surface area contributed by atoms with E-state index in [-0.39, 0.29) is 24.3 Å². The quantitative estimate of drug-likeness (QED) is 0.212. The molecule has 0 radical (unpaired) electrons. The van der Waals surface area contributed by atoms with Crippen LogP contribution < -0.4 is 0 Å². The van der Waals surface area contributed by atoms with E-state index in [2.05, 4.69) is 23.6 Å². The number of benzene rings is 1. The Hall–Kier alpha value is -3.13. The molecule has 0 amide bonds. The van der Waals surface area contributed by atoms with Crippen molar-refractivity contribution in [1.82, 2.24) is 4.98 Å². The van der Waals surface area contributed by atoms with Gasteiger partial charge in [-0.15, -0.1) is 0 Å². The lowest BCUT2D eigenvalue weighted by molar-refractivity contribution is -0.150. The van der Waals surface area contributed by atoms with Gasteiger partial charge in [0.1, 0.15) is 5.69 Å². The molecule has 0 aliphatic carbocycles. The summed E-state index contributed by atoms with van der Waals surface area (Å²) in [5, 5.41) is 10.1. The number of ether oxygens (including phenoxy) is 1. The third-order valence-corrected chi connectivity index (χ3v) is 4.29. The maximum atomic E-state index is 13.2. The molecule has 0 saturated carbocycles. The first-order valence-corrected chi connectivity index (χ1v) is 11.8. The first kappa shape index (κ1) is 36.9. The van der Waals surface area contributed by atoms with Crippen LogP contribution in [0.25, 0.3) is 5.76 Å². The van der Waals surface area contributed by atoms with Crippen molar-refractivity contribution in [3.8, 4) is 0 Å². The summed E-state index contributed by atoms with van der Waals surface area (Å²) in [6.07, 6.45) is -21.9. The van der Waals surface area contributed by atoms with Crippen LogP contribution in [0.4, 0.5) is 52.7 Å². The van der Waals surface area contributed by atoms with Gasteiger partial charge in [-0.2, -0.15) is 52.7 Å². The summed E-state index contributed by atoms with van der Waals surface area (Å²) >= 11 is 0. The van der Waals surface area contributed by atoms with E-state index in [0.29, 0.717) is 6.07 Å². The normalized spacial score (nSPS) is 16.2. The Bertz CT molecular complexity index is 1100. The highest BCUT2D eigenvalue weighted by atomic mass is 19.4. The van der Waals surface area contributed by atoms with E-state index in [1.807, 2.05) is 27.7 Å². The summed E-state index contributed by atoms with van der Waals surface area (Å²) in [7, 11) is 0. The van der Waals surface area contributed by atoms with Crippen LogP contribution >= 0.6 is 0 Å². The van der Waals surface area contributed by atoms with Crippen LogP contribution in [0.5, 0.6) is 0 Å². The molecule has 15 heteroatoms. The minimum absolute atomic E-state index is 0.103. The van der Waals surface area contributed by atoms with Crippen molar-refractivity contribution in [1.29, 1.82) is 0 Å². The van der Waals surface area contributed by atoms with Crippen LogP contribution in [0.15, 0.2) is 36.1 Å². The molecule has 2 heterocycles. The highest BCUT2D eigenvalue weighted by molar-refractivity contribution is 5.66. The zero-order valence-electron chi connectivity index (χ0n) is 22.0. The molecule has 3 rings (SSSR count). The number of pyridine rings is 1. The van der Waals surface area contributed by atoms with E-state index >= 15 is 0 Å². The van der Waals surface area contributed by atoms with Crippen molar-refractivity contribution < 1.29 is 62.5 Å². The van der Waals surface area contributed by atoms with Gasteiger partial charge in [-0.25, -0.2) is 4.98 Å². The molecule has 228 valence electrons. The van der Waals surface area contributed by atoms with E-state index in [9.17, 15) is 57.8 Å². The van der Waals surface area contributed by atoms with Crippen LogP contribution in [0.2, 0.25) is 0 Å². The number of aromatic nitrogens is 1. The Balaban J connectivity index is 0.00000199. The number of epoxide rings is 1. The molecule has 1 aromatic heterocycles. The second-order valence-electron chi connectivity index (χ2n) is 7.34. The van der Waals surface area contributed by atoms with Crippen LogP contribution in [0.1, 0.15) is 87.7 Å². The van der Waals surface area contributed by atoms with E-state index in [0.717, 1.165) is 0 Å². The summed E-state index contributed by atoms with van der Waals surface area (Å²) in [5.74, 6) is -2.24. The number of halogens is 12.